The zero-order chi connectivity index (χ0) is 14.2. The summed E-state index contributed by atoms with van der Waals surface area (Å²) >= 11 is 0. The van der Waals surface area contributed by atoms with Crippen LogP contribution in [0.3, 0.4) is 0 Å². The van der Waals surface area contributed by atoms with Crippen LogP contribution >= 0.6 is 0 Å². The number of hydrogen-bond donors (Lipinski definition) is 1. The molecule has 2 aromatic heterocycles. The number of aromatic nitrogens is 2. The van der Waals surface area contributed by atoms with E-state index < -0.39 is 0 Å². The average Bonchev–Trinajstić information content (AvgIpc) is 2.98. The summed E-state index contributed by atoms with van der Waals surface area (Å²) < 4.78 is 0. The summed E-state index contributed by atoms with van der Waals surface area (Å²) in [6.07, 6.45) is 8.12. The highest BCUT2D eigenvalue weighted by Gasteiger charge is 2.26. The molecule has 21 heavy (non-hydrogen) atoms. The van der Waals surface area contributed by atoms with E-state index in [0.717, 1.165) is 35.7 Å². The van der Waals surface area contributed by atoms with Crippen LogP contribution in [0.15, 0.2) is 48.9 Å². The van der Waals surface area contributed by atoms with Gasteiger partial charge in [-0.25, -0.2) is 0 Å². The highest BCUT2D eigenvalue weighted by atomic mass is 16.1. The highest BCUT2D eigenvalue weighted by Crippen LogP contribution is 2.29. The number of fused-ring (bicyclic) bond motifs is 2. The molecular weight excluding hydrogens is 260 g/mol. The number of ketones is 1. The minimum absolute atomic E-state index is 0.0825. The van der Waals surface area contributed by atoms with Crippen LogP contribution in [-0.2, 0) is 12.8 Å². The van der Waals surface area contributed by atoms with Gasteiger partial charge in [0.2, 0.25) is 0 Å². The van der Waals surface area contributed by atoms with Crippen LogP contribution in [0, 0.1) is 5.92 Å². The molecule has 0 saturated carbocycles. The summed E-state index contributed by atoms with van der Waals surface area (Å²) in [5, 5.41) is 0.932. The van der Waals surface area contributed by atoms with Crippen LogP contribution in [0.2, 0.25) is 0 Å². The van der Waals surface area contributed by atoms with E-state index in [1.807, 2.05) is 12.3 Å². The Morgan fingerprint density at radius 1 is 1.19 bits per heavy atom. The normalized spacial score (nSPS) is 17.6. The summed E-state index contributed by atoms with van der Waals surface area (Å²) in [5.74, 6) is 0.322. The number of hydrogen-bond acceptors (Lipinski definition) is 2. The van der Waals surface area contributed by atoms with Crippen LogP contribution in [-0.4, -0.2) is 15.8 Å². The molecule has 1 N–H and O–H groups in total. The van der Waals surface area contributed by atoms with Crippen LogP contribution in [0.4, 0.5) is 0 Å². The number of aryl methyl sites for hydroxylation is 1. The molecule has 1 aliphatic rings. The predicted molar refractivity (Wildman–Crippen MR) is 82.4 cm³/mol. The summed E-state index contributed by atoms with van der Waals surface area (Å²) in [5.41, 5.74) is 4.47. The molecule has 1 atom stereocenters. The van der Waals surface area contributed by atoms with Crippen molar-refractivity contribution in [3.8, 4) is 0 Å². The van der Waals surface area contributed by atoms with E-state index in [4.69, 9.17) is 0 Å². The van der Waals surface area contributed by atoms with Crippen molar-refractivity contribution in [2.75, 3.05) is 0 Å². The molecule has 0 amide bonds. The van der Waals surface area contributed by atoms with E-state index in [1.54, 1.807) is 12.4 Å². The Morgan fingerprint density at radius 2 is 2.05 bits per heavy atom. The topological polar surface area (TPSA) is 45.8 Å². The fourth-order valence-corrected chi connectivity index (χ4v) is 3.31. The molecule has 1 aromatic carbocycles. The van der Waals surface area contributed by atoms with E-state index in [1.165, 1.54) is 11.1 Å². The molecule has 3 nitrogen and oxygen atoms in total. The second kappa shape index (κ2) is 4.85. The van der Waals surface area contributed by atoms with E-state index in [9.17, 15) is 4.79 Å². The van der Waals surface area contributed by atoms with Gasteiger partial charge in [-0.15, -0.1) is 0 Å². The molecule has 0 aliphatic heterocycles. The Morgan fingerprint density at radius 3 is 2.95 bits per heavy atom. The van der Waals surface area contributed by atoms with Gasteiger partial charge in [-0.1, -0.05) is 24.3 Å². The molecule has 0 fully saturated rings. The number of Topliss-reactive ketones (excluding diaryl/α,β-unsaturated/α-hetero) is 1. The van der Waals surface area contributed by atoms with Gasteiger partial charge in [0.15, 0.2) is 5.78 Å². The third kappa shape index (κ3) is 2.05. The van der Waals surface area contributed by atoms with Gasteiger partial charge in [-0.05, 0) is 36.5 Å². The smallest absolute Gasteiger partial charge is 0.168 e. The summed E-state index contributed by atoms with van der Waals surface area (Å²) in [7, 11) is 0. The zero-order valence-electron chi connectivity index (χ0n) is 11.7. The number of H-pyrrole nitrogens is 1. The number of nitrogens with one attached hydrogen (secondary N) is 1. The second-order valence-electron chi connectivity index (χ2n) is 5.70. The minimum Gasteiger partial charge on any atom is -0.360 e. The molecule has 0 radical (unpaired) electrons. The molecule has 1 aliphatic carbocycles. The largest absolute Gasteiger partial charge is 0.360 e. The SMILES string of the molecule is O=C(c1c[nH]c2ccncc12)C1CCc2ccccc2C1. The third-order valence-electron chi connectivity index (χ3n) is 4.47. The average molecular weight is 276 g/mol. The fraction of sp³-hybridized carbons (Fsp3) is 0.222. The van der Waals surface area contributed by atoms with Crippen LogP contribution in [0.25, 0.3) is 10.9 Å². The van der Waals surface area contributed by atoms with Crippen molar-refractivity contribution in [1.29, 1.82) is 0 Å². The standard InChI is InChI=1S/C18H16N2O/c21-18(16-11-20-17-7-8-19-10-15(16)17)14-6-5-12-3-1-2-4-13(12)9-14/h1-4,7-8,10-11,14,20H,5-6,9H2. The van der Waals surface area contributed by atoms with Gasteiger partial charge in [0.1, 0.15) is 0 Å². The maximum atomic E-state index is 12.8. The van der Waals surface area contributed by atoms with Crippen molar-refractivity contribution in [2.24, 2.45) is 5.92 Å². The second-order valence-corrected chi connectivity index (χ2v) is 5.70. The Hall–Kier alpha value is -2.42. The molecule has 3 heteroatoms. The maximum Gasteiger partial charge on any atom is 0.168 e. The third-order valence-corrected chi connectivity index (χ3v) is 4.47. The number of benzene rings is 1. The van der Waals surface area contributed by atoms with Crippen molar-refractivity contribution in [1.82, 2.24) is 9.97 Å². The Kier molecular flexibility index (Phi) is 2.85. The van der Waals surface area contributed by atoms with Crippen molar-refractivity contribution in [2.45, 2.75) is 19.3 Å². The number of aromatic amines is 1. The lowest BCUT2D eigenvalue weighted by atomic mass is 9.80. The lowest BCUT2D eigenvalue weighted by Gasteiger charge is -2.23. The summed E-state index contributed by atoms with van der Waals surface area (Å²) in [6, 6.07) is 10.4. The van der Waals surface area contributed by atoms with Crippen molar-refractivity contribution in [3.63, 3.8) is 0 Å². The predicted octanol–water partition coefficient (Wildman–Crippen LogP) is 3.55. The first-order valence-corrected chi connectivity index (χ1v) is 7.35. The monoisotopic (exact) mass is 276 g/mol. The van der Waals surface area contributed by atoms with Gasteiger partial charge in [0, 0.05) is 41.0 Å². The first-order chi connectivity index (χ1) is 10.3. The molecule has 0 spiro atoms. The molecule has 104 valence electrons. The molecule has 0 bridgehead atoms. The van der Waals surface area contributed by atoms with Gasteiger partial charge in [0.25, 0.3) is 0 Å². The number of pyridine rings is 1. The minimum atomic E-state index is 0.0825. The molecule has 0 saturated heterocycles. The van der Waals surface area contributed by atoms with Gasteiger partial charge in [0.05, 0.1) is 0 Å². The van der Waals surface area contributed by atoms with Crippen molar-refractivity contribution < 1.29 is 4.79 Å². The van der Waals surface area contributed by atoms with Crippen molar-refractivity contribution in [3.05, 3.63) is 65.6 Å². The van der Waals surface area contributed by atoms with E-state index >= 15 is 0 Å². The Bertz CT molecular complexity index is 819. The number of carbonyl (C=O) groups excluding carboxylic acids is 1. The molecular formula is C18H16N2O. The molecule has 4 rings (SSSR count). The summed E-state index contributed by atoms with van der Waals surface area (Å²) in [6.45, 7) is 0. The van der Waals surface area contributed by atoms with E-state index in [0.29, 0.717) is 0 Å². The van der Waals surface area contributed by atoms with E-state index in [2.05, 4.69) is 34.2 Å². The summed E-state index contributed by atoms with van der Waals surface area (Å²) in [4.78, 5) is 20.1. The highest BCUT2D eigenvalue weighted by molar-refractivity contribution is 6.08. The Balaban J connectivity index is 1.67. The fourth-order valence-electron chi connectivity index (χ4n) is 3.31. The maximum absolute atomic E-state index is 12.8. The van der Waals surface area contributed by atoms with E-state index in [-0.39, 0.29) is 11.7 Å². The van der Waals surface area contributed by atoms with Gasteiger partial charge >= 0.3 is 0 Å². The number of nitrogens with zero attached hydrogens (tertiary/aromatic N) is 1. The number of carbonyl (C=O) groups is 1. The van der Waals surface area contributed by atoms with Crippen LogP contribution in [0.5, 0.6) is 0 Å². The lowest BCUT2D eigenvalue weighted by molar-refractivity contribution is 0.0910. The Labute approximate surface area is 123 Å². The van der Waals surface area contributed by atoms with Crippen molar-refractivity contribution >= 4 is 16.7 Å². The van der Waals surface area contributed by atoms with Crippen LogP contribution in [0.1, 0.15) is 27.9 Å². The first kappa shape index (κ1) is 12.3. The first-order valence-electron chi connectivity index (χ1n) is 7.35. The van der Waals surface area contributed by atoms with Crippen LogP contribution < -0.4 is 0 Å². The lowest BCUT2D eigenvalue weighted by Crippen LogP contribution is -2.22. The quantitative estimate of drug-likeness (QED) is 0.727. The zero-order valence-corrected chi connectivity index (χ0v) is 11.7. The number of rotatable bonds is 2. The van der Waals surface area contributed by atoms with Gasteiger partial charge < -0.3 is 4.98 Å². The van der Waals surface area contributed by atoms with Gasteiger partial charge in [-0.2, -0.15) is 0 Å². The molecule has 3 aromatic rings. The van der Waals surface area contributed by atoms with Gasteiger partial charge in [-0.3, -0.25) is 9.78 Å². The molecule has 1 unspecified atom stereocenters. The molecule has 2 heterocycles.